The highest BCUT2D eigenvalue weighted by molar-refractivity contribution is 6.34. The molecule has 7 nitrogen and oxygen atoms in total. The van der Waals surface area contributed by atoms with Gasteiger partial charge in [0.15, 0.2) is 0 Å². The van der Waals surface area contributed by atoms with Crippen molar-refractivity contribution in [1.82, 2.24) is 14.7 Å². The van der Waals surface area contributed by atoms with E-state index in [9.17, 15) is 27.6 Å². The SMILES string of the molecule is O=C(C(=O)N1CCN(C(=O)c2ccc(C(F)(F)F)cc2)CC1)N1CCOCC1. The molecule has 0 N–H and O–H groups in total. The van der Waals surface area contributed by atoms with E-state index in [1.54, 1.807) is 0 Å². The van der Waals surface area contributed by atoms with Crippen molar-refractivity contribution in [2.45, 2.75) is 6.18 Å². The minimum absolute atomic E-state index is 0.150. The van der Waals surface area contributed by atoms with Crippen molar-refractivity contribution in [3.63, 3.8) is 0 Å². The number of amides is 3. The summed E-state index contributed by atoms with van der Waals surface area (Å²) in [4.78, 5) is 41.4. The van der Waals surface area contributed by atoms with E-state index in [0.717, 1.165) is 24.3 Å². The van der Waals surface area contributed by atoms with Crippen LogP contribution in [0, 0.1) is 0 Å². The molecular weight excluding hydrogens is 379 g/mol. The van der Waals surface area contributed by atoms with Gasteiger partial charge >= 0.3 is 18.0 Å². The molecule has 3 rings (SSSR count). The van der Waals surface area contributed by atoms with Crippen LogP contribution in [-0.2, 0) is 20.5 Å². The van der Waals surface area contributed by atoms with Crippen LogP contribution in [-0.4, -0.2) is 84.9 Å². The molecule has 0 aliphatic carbocycles. The Morgan fingerprint density at radius 1 is 0.750 bits per heavy atom. The third-order valence-corrected chi connectivity index (χ3v) is 4.79. The Kier molecular flexibility index (Phi) is 5.87. The van der Waals surface area contributed by atoms with Crippen molar-refractivity contribution in [1.29, 1.82) is 0 Å². The molecule has 0 saturated carbocycles. The molecule has 0 atom stereocenters. The zero-order valence-electron chi connectivity index (χ0n) is 15.1. The van der Waals surface area contributed by atoms with Crippen LogP contribution < -0.4 is 0 Å². The number of rotatable bonds is 1. The van der Waals surface area contributed by atoms with Crippen LogP contribution in [0.4, 0.5) is 13.2 Å². The minimum Gasteiger partial charge on any atom is -0.378 e. The smallest absolute Gasteiger partial charge is 0.378 e. The summed E-state index contributed by atoms with van der Waals surface area (Å²) in [6, 6.07) is 4.03. The fraction of sp³-hybridized carbons (Fsp3) is 0.500. The van der Waals surface area contributed by atoms with Crippen molar-refractivity contribution >= 4 is 17.7 Å². The molecule has 2 aliphatic rings. The first-order valence-electron chi connectivity index (χ1n) is 8.90. The fourth-order valence-corrected chi connectivity index (χ4v) is 3.13. The highest BCUT2D eigenvalue weighted by atomic mass is 19.4. The molecule has 0 radical (unpaired) electrons. The number of piperazine rings is 1. The van der Waals surface area contributed by atoms with Gasteiger partial charge in [-0.05, 0) is 24.3 Å². The Morgan fingerprint density at radius 3 is 1.71 bits per heavy atom. The lowest BCUT2D eigenvalue weighted by Crippen LogP contribution is -2.55. The van der Waals surface area contributed by atoms with Crippen LogP contribution in [0.2, 0.25) is 0 Å². The Balaban J connectivity index is 1.55. The van der Waals surface area contributed by atoms with Crippen molar-refractivity contribution in [2.75, 3.05) is 52.5 Å². The van der Waals surface area contributed by atoms with Gasteiger partial charge in [-0.3, -0.25) is 14.4 Å². The van der Waals surface area contributed by atoms with Gasteiger partial charge in [0.25, 0.3) is 5.91 Å². The van der Waals surface area contributed by atoms with E-state index in [0.29, 0.717) is 26.3 Å². The van der Waals surface area contributed by atoms with E-state index in [4.69, 9.17) is 4.74 Å². The van der Waals surface area contributed by atoms with Gasteiger partial charge in [0.05, 0.1) is 18.8 Å². The second kappa shape index (κ2) is 8.17. The Morgan fingerprint density at radius 2 is 1.21 bits per heavy atom. The van der Waals surface area contributed by atoms with Crippen LogP contribution in [0.25, 0.3) is 0 Å². The van der Waals surface area contributed by atoms with Crippen LogP contribution >= 0.6 is 0 Å². The molecule has 152 valence electrons. The summed E-state index contributed by atoms with van der Waals surface area (Å²) < 4.78 is 43.0. The summed E-state index contributed by atoms with van der Waals surface area (Å²) in [5.74, 6) is -1.59. The number of morpholine rings is 1. The van der Waals surface area contributed by atoms with Crippen LogP contribution in [0.3, 0.4) is 0 Å². The number of carbonyl (C=O) groups is 3. The molecule has 28 heavy (non-hydrogen) atoms. The van der Waals surface area contributed by atoms with E-state index in [2.05, 4.69) is 0 Å². The van der Waals surface area contributed by atoms with Gasteiger partial charge < -0.3 is 19.4 Å². The fourth-order valence-electron chi connectivity index (χ4n) is 3.13. The van der Waals surface area contributed by atoms with Crippen molar-refractivity contribution in [3.8, 4) is 0 Å². The lowest BCUT2D eigenvalue weighted by molar-refractivity contribution is -0.154. The molecule has 2 heterocycles. The van der Waals surface area contributed by atoms with Gasteiger partial charge in [-0.25, -0.2) is 0 Å². The normalized spacial score (nSPS) is 18.2. The first-order chi connectivity index (χ1) is 13.3. The quantitative estimate of drug-likeness (QED) is 0.657. The number of ether oxygens (including phenoxy) is 1. The molecule has 0 aromatic heterocycles. The number of hydrogen-bond acceptors (Lipinski definition) is 4. The van der Waals surface area contributed by atoms with E-state index in [-0.39, 0.29) is 31.7 Å². The molecule has 2 fully saturated rings. The number of halogens is 3. The van der Waals surface area contributed by atoms with E-state index >= 15 is 0 Å². The predicted molar refractivity (Wildman–Crippen MR) is 91.3 cm³/mol. The molecule has 1 aromatic carbocycles. The summed E-state index contributed by atoms with van der Waals surface area (Å²) in [7, 11) is 0. The van der Waals surface area contributed by atoms with Crippen molar-refractivity contribution in [3.05, 3.63) is 35.4 Å². The zero-order valence-corrected chi connectivity index (χ0v) is 15.1. The topological polar surface area (TPSA) is 70.2 Å². The second-order valence-electron chi connectivity index (χ2n) is 6.56. The summed E-state index contributed by atoms with van der Waals surface area (Å²) in [6.07, 6.45) is -4.46. The summed E-state index contributed by atoms with van der Waals surface area (Å²) in [5, 5.41) is 0. The first kappa shape index (κ1) is 20.1. The number of alkyl halides is 3. The summed E-state index contributed by atoms with van der Waals surface area (Å²) in [6.45, 7) is 2.35. The molecule has 0 unspecified atom stereocenters. The monoisotopic (exact) mass is 399 g/mol. The van der Waals surface area contributed by atoms with Gasteiger partial charge in [0.2, 0.25) is 0 Å². The summed E-state index contributed by atoms with van der Waals surface area (Å²) >= 11 is 0. The standard InChI is InChI=1S/C18H20F3N3O4/c19-18(20,21)14-3-1-13(2-4-14)15(25)22-5-7-23(8-6-22)16(26)17(27)24-9-11-28-12-10-24/h1-4H,5-12H2. The van der Waals surface area contributed by atoms with E-state index < -0.39 is 29.5 Å². The van der Waals surface area contributed by atoms with Gasteiger partial charge in [0.1, 0.15) is 0 Å². The number of benzene rings is 1. The Hall–Kier alpha value is -2.62. The van der Waals surface area contributed by atoms with Gasteiger partial charge in [-0.2, -0.15) is 13.2 Å². The van der Waals surface area contributed by atoms with Crippen molar-refractivity contribution in [2.24, 2.45) is 0 Å². The second-order valence-corrected chi connectivity index (χ2v) is 6.56. The van der Waals surface area contributed by atoms with Gasteiger partial charge in [-0.15, -0.1) is 0 Å². The van der Waals surface area contributed by atoms with Crippen LogP contribution in [0.5, 0.6) is 0 Å². The van der Waals surface area contributed by atoms with Crippen LogP contribution in [0.1, 0.15) is 15.9 Å². The average Bonchev–Trinajstić information content (AvgIpc) is 2.72. The molecule has 0 spiro atoms. The van der Waals surface area contributed by atoms with Crippen LogP contribution in [0.15, 0.2) is 24.3 Å². The maximum absolute atomic E-state index is 12.6. The lowest BCUT2D eigenvalue weighted by Gasteiger charge is -2.36. The first-order valence-corrected chi connectivity index (χ1v) is 8.90. The minimum atomic E-state index is -4.46. The third-order valence-electron chi connectivity index (χ3n) is 4.79. The largest absolute Gasteiger partial charge is 0.416 e. The molecule has 2 saturated heterocycles. The molecule has 10 heteroatoms. The zero-order chi connectivity index (χ0) is 20.3. The number of nitrogens with zero attached hydrogens (tertiary/aromatic N) is 3. The van der Waals surface area contributed by atoms with E-state index in [1.165, 1.54) is 14.7 Å². The van der Waals surface area contributed by atoms with Gasteiger partial charge in [-0.1, -0.05) is 0 Å². The predicted octanol–water partition coefficient (Wildman–Crippen LogP) is 0.849. The molecule has 0 bridgehead atoms. The maximum atomic E-state index is 12.6. The lowest BCUT2D eigenvalue weighted by atomic mass is 10.1. The highest BCUT2D eigenvalue weighted by Gasteiger charge is 2.33. The number of hydrogen-bond donors (Lipinski definition) is 0. The molecular formula is C18H20F3N3O4. The number of carbonyl (C=O) groups excluding carboxylic acids is 3. The molecule has 1 aromatic rings. The average molecular weight is 399 g/mol. The molecule has 2 aliphatic heterocycles. The highest BCUT2D eigenvalue weighted by Crippen LogP contribution is 2.29. The summed E-state index contributed by atoms with van der Waals surface area (Å²) in [5.41, 5.74) is -0.668. The Bertz CT molecular complexity index is 737. The van der Waals surface area contributed by atoms with E-state index in [1.807, 2.05) is 0 Å². The Labute approximate surface area is 159 Å². The van der Waals surface area contributed by atoms with Crippen molar-refractivity contribution < 1.29 is 32.3 Å². The van der Waals surface area contributed by atoms with Gasteiger partial charge in [0, 0.05) is 44.8 Å². The molecule has 3 amide bonds. The maximum Gasteiger partial charge on any atom is 0.416 e. The third kappa shape index (κ3) is 4.44.